The molecule has 1 saturated heterocycles. The van der Waals surface area contributed by atoms with Gasteiger partial charge in [-0.3, -0.25) is 4.90 Å². The molecule has 0 aliphatic carbocycles. The average Bonchev–Trinajstić information content (AvgIpc) is 2.46. The molecule has 110 valence electrons. The van der Waals surface area contributed by atoms with Crippen LogP contribution in [0.25, 0.3) is 0 Å². The molecule has 0 spiro atoms. The van der Waals surface area contributed by atoms with Gasteiger partial charge in [-0.2, -0.15) is 0 Å². The molecule has 1 aliphatic heterocycles. The number of para-hydroxylation sites is 1. The average molecular weight is 276 g/mol. The van der Waals surface area contributed by atoms with Crippen molar-refractivity contribution in [1.82, 2.24) is 4.90 Å². The first-order chi connectivity index (χ1) is 9.61. The van der Waals surface area contributed by atoms with Crippen molar-refractivity contribution in [1.29, 1.82) is 0 Å². The molecule has 3 N–H and O–H groups in total. The van der Waals surface area contributed by atoms with Crippen LogP contribution in [0.5, 0.6) is 0 Å². The highest BCUT2D eigenvalue weighted by Gasteiger charge is 2.20. The van der Waals surface area contributed by atoms with Gasteiger partial charge in [-0.1, -0.05) is 31.1 Å². The van der Waals surface area contributed by atoms with Crippen LogP contribution in [0.1, 0.15) is 19.4 Å². The Bertz CT molecular complexity index is 465. The third kappa shape index (κ3) is 3.42. The topological polar surface area (TPSA) is 65.1 Å². The number of hydrogen-bond donors (Lipinski definition) is 2. The molecule has 5 heteroatoms. The van der Waals surface area contributed by atoms with E-state index < -0.39 is 0 Å². The van der Waals surface area contributed by atoms with Gasteiger partial charge in [0.25, 0.3) is 0 Å². The van der Waals surface area contributed by atoms with E-state index in [9.17, 15) is 0 Å². The summed E-state index contributed by atoms with van der Waals surface area (Å²) in [5.41, 5.74) is 7.60. The SMILES string of the molecule is CC(C)CN1CCN(c2ccccc2C(N)=NO)CC1. The van der Waals surface area contributed by atoms with E-state index in [0.29, 0.717) is 5.92 Å². The van der Waals surface area contributed by atoms with E-state index in [1.807, 2.05) is 24.3 Å². The normalized spacial score (nSPS) is 17.8. The van der Waals surface area contributed by atoms with Crippen LogP contribution in [-0.4, -0.2) is 48.7 Å². The second-order valence-corrected chi connectivity index (χ2v) is 5.68. The monoisotopic (exact) mass is 276 g/mol. The Labute approximate surface area is 120 Å². The minimum absolute atomic E-state index is 0.171. The number of rotatable bonds is 4. The predicted octanol–water partition coefficient (Wildman–Crippen LogP) is 1.56. The molecule has 1 aromatic rings. The van der Waals surface area contributed by atoms with Crippen molar-refractivity contribution in [2.24, 2.45) is 16.8 Å². The highest BCUT2D eigenvalue weighted by Crippen LogP contribution is 2.21. The number of oxime groups is 1. The van der Waals surface area contributed by atoms with E-state index in [4.69, 9.17) is 10.9 Å². The van der Waals surface area contributed by atoms with E-state index in [-0.39, 0.29) is 5.84 Å². The fourth-order valence-electron chi connectivity index (χ4n) is 2.71. The number of benzene rings is 1. The fourth-order valence-corrected chi connectivity index (χ4v) is 2.71. The van der Waals surface area contributed by atoms with E-state index in [0.717, 1.165) is 44.0 Å². The van der Waals surface area contributed by atoms with Crippen molar-refractivity contribution in [3.8, 4) is 0 Å². The summed E-state index contributed by atoms with van der Waals surface area (Å²) in [5.74, 6) is 0.871. The summed E-state index contributed by atoms with van der Waals surface area (Å²) in [7, 11) is 0. The molecular weight excluding hydrogens is 252 g/mol. The Hall–Kier alpha value is -1.75. The zero-order chi connectivity index (χ0) is 14.5. The molecule has 0 saturated carbocycles. The fraction of sp³-hybridized carbons (Fsp3) is 0.533. The zero-order valence-electron chi connectivity index (χ0n) is 12.3. The molecule has 1 aromatic carbocycles. The van der Waals surface area contributed by atoms with E-state index in [2.05, 4.69) is 28.8 Å². The number of amidine groups is 1. The maximum atomic E-state index is 8.89. The van der Waals surface area contributed by atoms with Gasteiger partial charge < -0.3 is 15.8 Å². The largest absolute Gasteiger partial charge is 0.409 e. The Kier molecular flexibility index (Phi) is 4.84. The molecule has 5 nitrogen and oxygen atoms in total. The first kappa shape index (κ1) is 14.7. The molecule has 0 aromatic heterocycles. The predicted molar refractivity (Wildman–Crippen MR) is 82.4 cm³/mol. The van der Waals surface area contributed by atoms with Gasteiger partial charge in [0.1, 0.15) is 0 Å². The summed E-state index contributed by atoms with van der Waals surface area (Å²) in [6, 6.07) is 7.83. The quantitative estimate of drug-likeness (QED) is 0.379. The van der Waals surface area contributed by atoms with Crippen molar-refractivity contribution in [2.75, 3.05) is 37.6 Å². The lowest BCUT2D eigenvalue weighted by Gasteiger charge is -2.37. The van der Waals surface area contributed by atoms with Crippen LogP contribution in [0.4, 0.5) is 5.69 Å². The van der Waals surface area contributed by atoms with Gasteiger partial charge in [0.15, 0.2) is 5.84 Å². The highest BCUT2D eigenvalue weighted by molar-refractivity contribution is 6.02. The Balaban J connectivity index is 2.07. The van der Waals surface area contributed by atoms with Gasteiger partial charge in [-0.25, -0.2) is 0 Å². The number of nitrogens with zero attached hydrogens (tertiary/aromatic N) is 3. The van der Waals surface area contributed by atoms with Crippen LogP contribution in [0, 0.1) is 5.92 Å². The lowest BCUT2D eigenvalue weighted by atomic mass is 10.1. The lowest BCUT2D eigenvalue weighted by Crippen LogP contribution is -2.47. The van der Waals surface area contributed by atoms with Crippen molar-refractivity contribution in [3.63, 3.8) is 0 Å². The number of hydrogen-bond acceptors (Lipinski definition) is 4. The summed E-state index contributed by atoms with van der Waals surface area (Å²) >= 11 is 0. The molecule has 1 fully saturated rings. The third-order valence-corrected chi connectivity index (χ3v) is 3.62. The first-order valence-corrected chi connectivity index (χ1v) is 7.16. The van der Waals surface area contributed by atoms with Crippen molar-refractivity contribution in [3.05, 3.63) is 29.8 Å². The van der Waals surface area contributed by atoms with Gasteiger partial charge in [-0.15, -0.1) is 0 Å². The number of piperazine rings is 1. The van der Waals surface area contributed by atoms with Crippen LogP contribution in [-0.2, 0) is 0 Å². The minimum atomic E-state index is 0.171. The summed E-state index contributed by atoms with van der Waals surface area (Å²) in [6.07, 6.45) is 0. The van der Waals surface area contributed by atoms with Crippen molar-refractivity contribution in [2.45, 2.75) is 13.8 Å². The second kappa shape index (κ2) is 6.61. The molecule has 0 unspecified atom stereocenters. The van der Waals surface area contributed by atoms with Crippen molar-refractivity contribution < 1.29 is 5.21 Å². The molecule has 0 bridgehead atoms. The molecular formula is C15H24N4O. The van der Waals surface area contributed by atoms with E-state index >= 15 is 0 Å². The van der Waals surface area contributed by atoms with E-state index in [1.54, 1.807) is 0 Å². The van der Waals surface area contributed by atoms with Gasteiger partial charge in [0, 0.05) is 44.0 Å². The van der Waals surface area contributed by atoms with Crippen LogP contribution >= 0.6 is 0 Å². The maximum Gasteiger partial charge on any atom is 0.172 e. The zero-order valence-corrected chi connectivity index (χ0v) is 12.3. The Morgan fingerprint density at radius 2 is 1.90 bits per heavy atom. The standard InChI is InChI=1S/C15H24N4O/c1-12(2)11-18-7-9-19(10-8-18)14-6-4-3-5-13(14)15(16)17-20/h3-6,12,20H,7-11H2,1-2H3,(H2,16,17). The van der Waals surface area contributed by atoms with Crippen LogP contribution in [0.2, 0.25) is 0 Å². The number of anilines is 1. The molecule has 0 radical (unpaired) electrons. The van der Waals surface area contributed by atoms with Crippen LogP contribution in [0.15, 0.2) is 29.4 Å². The van der Waals surface area contributed by atoms with Crippen molar-refractivity contribution >= 4 is 11.5 Å². The Morgan fingerprint density at radius 1 is 1.25 bits per heavy atom. The molecule has 20 heavy (non-hydrogen) atoms. The maximum absolute atomic E-state index is 8.89. The van der Waals surface area contributed by atoms with E-state index in [1.165, 1.54) is 0 Å². The van der Waals surface area contributed by atoms with Crippen LogP contribution < -0.4 is 10.6 Å². The smallest absolute Gasteiger partial charge is 0.172 e. The lowest BCUT2D eigenvalue weighted by molar-refractivity contribution is 0.231. The second-order valence-electron chi connectivity index (χ2n) is 5.68. The van der Waals surface area contributed by atoms with Gasteiger partial charge in [0.2, 0.25) is 0 Å². The molecule has 1 heterocycles. The minimum Gasteiger partial charge on any atom is -0.409 e. The Morgan fingerprint density at radius 3 is 2.50 bits per heavy atom. The first-order valence-electron chi connectivity index (χ1n) is 7.16. The molecule has 1 aliphatic rings. The summed E-state index contributed by atoms with van der Waals surface area (Å²) < 4.78 is 0. The van der Waals surface area contributed by atoms with Gasteiger partial charge >= 0.3 is 0 Å². The molecule has 0 atom stereocenters. The van der Waals surface area contributed by atoms with Gasteiger partial charge in [-0.05, 0) is 18.1 Å². The van der Waals surface area contributed by atoms with Crippen LogP contribution in [0.3, 0.4) is 0 Å². The summed E-state index contributed by atoms with van der Waals surface area (Å²) in [6.45, 7) is 9.71. The highest BCUT2D eigenvalue weighted by atomic mass is 16.4. The third-order valence-electron chi connectivity index (χ3n) is 3.62. The molecule has 2 rings (SSSR count). The summed E-state index contributed by atoms with van der Waals surface area (Å²) in [5, 5.41) is 12.0. The van der Waals surface area contributed by atoms with Gasteiger partial charge in [0.05, 0.1) is 0 Å². The summed E-state index contributed by atoms with van der Waals surface area (Å²) in [4.78, 5) is 4.80. The number of nitrogens with two attached hydrogens (primary N) is 1. The molecule has 0 amide bonds.